The van der Waals surface area contributed by atoms with Crippen molar-refractivity contribution in [3.05, 3.63) is 47.0 Å². The lowest BCUT2D eigenvalue weighted by Gasteiger charge is -2.25. The number of benzene rings is 1. The Hall–Kier alpha value is -1.08. The number of rotatable bonds is 0. The first-order valence-electron chi connectivity index (χ1n) is 6.01. The molecule has 1 aliphatic rings. The van der Waals surface area contributed by atoms with E-state index >= 15 is 0 Å². The van der Waals surface area contributed by atoms with E-state index in [1.807, 2.05) is 26.0 Å². The average Bonchev–Trinajstić information content (AvgIpc) is 2.29. The van der Waals surface area contributed by atoms with Crippen LogP contribution in [0.2, 0.25) is 0 Å². The zero-order valence-electron chi connectivity index (χ0n) is 11.0. The molecule has 0 radical (unpaired) electrons. The summed E-state index contributed by atoms with van der Waals surface area (Å²) < 4.78 is 0. The van der Waals surface area contributed by atoms with Gasteiger partial charge in [0.2, 0.25) is 0 Å². The molecular weight excluding hydrogens is 194 g/mol. The molecule has 0 aromatic heterocycles. The molecule has 1 aliphatic heterocycles. The summed E-state index contributed by atoms with van der Waals surface area (Å²) >= 11 is 0. The number of fused-ring (bicyclic) bond motifs is 1. The van der Waals surface area contributed by atoms with Gasteiger partial charge in [0.1, 0.15) is 0 Å². The Bertz CT molecular complexity index is 348. The highest BCUT2D eigenvalue weighted by Gasteiger charge is 2.11. The van der Waals surface area contributed by atoms with E-state index in [0.717, 1.165) is 6.54 Å². The van der Waals surface area contributed by atoms with Crippen LogP contribution in [0.4, 0.5) is 0 Å². The second-order valence-corrected chi connectivity index (χ2v) is 4.43. The molecule has 1 heteroatoms. The normalized spacial score (nSPS) is 15.5. The van der Waals surface area contributed by atoms with Crippen molar-refractivity contribution in [1.29, 1.82) is 0 Å². The molecule has 0 saturated heterocycles. The Labute approximate surface area is 99.8 Å². The van der Waals surface area contributed by atoms with Crippen LogP contribution in [0.3, 0.4) is 0 Å². The monoisotopic (exact) mass is 217 g/mol. The lowest BCUT2D eigenvalue weighted by Crippen LogP contribution is -2.26. The van der Waals surface area contributed by atoms with Gasteiger partial charge in [0.15, 0.2) is 0 Å². The summed E-state index contributed by atoms with van der Waals surface area (Å²) in [7, 11) is 2.19. The van der Waals surface area contributed by atoms with Crippen LogP contribution in [0, 0.1) is 6.92 Å². The Morgan fingerprint density at radius 3 is 2.44 bits per heavy atom. The second-order valence-electron chi connectivity index (χ2n) is 4.43. The Morgan fingerprint density at radius 2 is 1.81 bits per heavy atom. The van der Waals surface area contributed by atoms with E-state index in [1.165, 1.54) is 24.1 Å². The quantitative estimate of drug-likeness (QED) is 0.601. The van der Waals surface area contributed by atoms with Crippen LogP contribution in [-0.2, 0) is 13.0 Å². The molecule has 0 aliphatic carbocycles. The van der Waals surface area contributed by atoms with Crippen molar-refractivity contribution in [3.8, 4) is 0 Å². The van der Waals surface area contributed by atoms with Gasteiger partial charge in [-0.2, -0.15) is 0 Å². The summed E-state index contributed by atoms with van der Waals surface area (Å²) in [6.07, 6.45) is 5.21. The number of likely N-dealkylation sites (N-methyl/N-ethyl adjacent to an activating group) is 1. The zero-order chi connectivity index (χ0) is 12.0. The van der Waals surface area contributed by atoms with E-state index in [-0.39, 0.29) is 0 Å². The predicted molar refractivity (Wildman–Crippen MR) is 71.7 cm³/mol. The summed E-state index contributed by atoms with van der Waals surface area (Å²) in [6.45, 7) is 8.49. The average molecular weight is 217 g/mol. The van der Waals surface area contributed by atoms with Gasteiger partial charge < -0.3 is 4.90 Å². The minimum absolute atomic E-state index is 1.12. The predicted octanol–water partition coefficient (Wildman–Crippen LogP) is 3.57. The molecule has 16 heavy (non-hydrogen) atoms. The van der Waals surface area contributed by atoms with Crippen molar-refractivity contribution in [2.75, 3.05) is 13.6 Å². The van der Waals surface area contributed by atoms with E-state index in [0.29, 0.717) is 0 Å². The summed E-state index contributed by atoms with van der Waals surface area (Å²) in [5, 5.41) is 0. The molecular formula is C15H23N. The molecule has 0 spiro atoms. The van der Waals surface area contributed by atoms with Gasteiger partial charge in [-0.15, -0.1) is 0 Å². The van der Waals surface area contributed by atoms with Crippen LogP contribution in [0.15, 0.2) is 30.4 Å². The number of hydrogen-bond acceptors (Lipinski definition) is 1. The lowest BCUT2D eigenvalue weighted by atomic mass is 9.98. The number of aryl methyl sites for hydroxylation is 1. The molecule has 1 heterocycles. The Kier molecular flexibility index (Phi) is 5.27. The van der Waals surface area contributed by atoms with Crippen molar-refractivity contribution in [2.24, 2.45) is 0 Å². The minimum Gasteiger partial charge on any atom is -0.302 e. The molecule has 0 N–H and O–H groups in total. The van der Waals surface area contributed by atoms with Crippen LogP contribution >= 0.6 is 0 Å². The third-order valence-electron chi connectivity index (χ3n) is 2.90. The topological polar surface area (TPSA) is 3.24 Å². The maximum atomic E-state index is 2.38. The standard InChI is InChI=1S/C11H15N.C4H8/c1-9-3-4-10-5-6-12(2)8-11(10)7-9;1-3-4-2/h3-4,7H,5-6,8H2,1-2H3;3-4H,1-2H3/b;4-3-. The van der Waals surface area contributed by atoms with Gasteiger partial charge in [-0.25, -0.2) is 0 Å². The minimum atomic E-state index is 1.12. The summed E-state index contributed by atoms with van der Waals surface area (Å²) in [4.78, 5) is 2.38. The molecule has 0 amide bonds. The zero-order valence-corrected chi connectivity index (χ0v) is 11.0. The van der Waals surface area contributed by atoms with Crippen molar-refractivity contribution in [1.82, 2.24) is 4.90 Å². The maximum absolute atomic E-state index is 2.38. The summed E-state index contributed by atoms with van der Waals surface area (Å²) in [5.74, 6) is 0. The largest absolute Gasteiger partial charge is 0.302 e. The van der Waals surface area contributed by atoms with Gasteiger partial charge in [0.05, 0.1) is 0 Å². The van der Waals surface area contributed by atoms with Crippen molar-refractivity contribution >= 4 is 0 Å². The molecule has 1 aromatic carbocycles. The molecule has 0 atom stereocenters. The summed E-state index contributed by atoms with van der Waals surface area (Å²) in [5.41, 5.74) is 4.44. The van der Waals surface area contributed by atoms with Gasteiger partial charge in [-0.3, -0.25) is 0 Å². The molecule has 0 saturated carbocycles. The van der Waals surface area contributed by atoms with Crippen molar-refractivity contribution in [3.63, 3.8) is 0 Å². The van der Waals surface area contributed by atoms with E-state index in [1.54, 1.807) is 5.56 Å². The highest BCUT2D eigenvalue weighted by molar-refractivity contribution is 5.33. The number of allylic oxidation sites excluding steroid dienone is 2. The van der Waals surface area contributed by atoms with Crippen LogP contribution in [-0.4, -0.2) is 18.5 Å². The first kappa shape index (κ1) is 13.0. The fourth-order valence-electron chi connectivity index (χ4n) is 1.83. The summed E-state index contributed by atoms with van der Waals surface area (Å²) in [6, 6.07) is 6.80. The van der Waals surface area contributed by atoms with E-state index < -0.39 is 0 Å². The smallest absolute Gasteiger partial charge is 0.0233 e. The molecule has 0 bridgehead atoms. The second kappa shape index (κ2) is 6.49. The third kappa shape index (κ3) is 3.82. The number of hydrogen-bond donors (Lipinski definition) is 0. The van der Waals surface area contributed by atoms with Crippen LogP contribution < -0.4 is 0 Å². The molecule has 2 rings (SSSR count). The van der Waals surface area contributed by atoms with Crippen LogP contribution in [0.5, 0.6) is 0 Å². The maximum Gasteiger partial charge on any atom is 0.0233 e. The first-order valence-corrected chi connectivity index (χ1v) is 6.01. The van der Waals surface area contributed by atoms with Crippen LogP contribution in [0.1, 0.15) is 30.5 Å². The van der Waals surface area contributed by atoms with Gasteiger partial charge in [-0.05, 0) is 45.4 Å². The van der Waals surface area contributed by atoms with Crippen molar-refractivity contribution < 1.29 is 0 Å². The van der Waals surface area contributed by atoms with E-state index in [4.69, 9.17) is 0 Å². The molecule has 88 valence electrons. The Balaban J connectivity index is 0.000000280. The fourth-order valence-corrected chi connectivity index (χ4v) is 1.83. The third-order valence-corrected chi connectivity index (χ3v) is 2.90. The Morgan fingerprint density at radius 1 is 1.12 bits per heavy atom. The molecule has 0 unspecified atom stereocenters. The van der Waals surface area contributed by atoms with Gasteiger partial charge >= 0.3 is 0 Å². The lowest BCUT2D eigenvalue weighted by molar-refractivity contribution is 0.313. The van der Waals surface area contributed by atoms with Crippen molar-refractivity contribution in [2.45, 2.75) is 33.7 Å². The van der Waals surface area contributed by atoms with Gasteiger partial charge in [-0.1, -0.05) is 35.9 Å². The number of nitrogens with zero attached hydrogens (tertiary/aromatic N) is 1. The molecule has 1 aromatic rings. The highest BCUT2D eigenvalue weighted by Crippen LogP contribution is 2.18. The van der Waals surface area contributed by atoms with Crippen LogP contribution in [0.25, 0.3) is 0 Å². The van der Waals surface area contributed by atoms with Gasteiger partial charge in [0, 0.05) is 13.1 Å². The van der Waals surface area contributed by atoms with E-state index in [9.17, 15) is 0 Å². The molecule has 0 fully saturated rings. The fraction of sp³-hybridized carbons (Fsp3) is 0.467. The van der Waals surface area contributed by atoms with Gasteiger partial charge in [0.25, 0.3) is 0 Å². The molecule has 1 nitrogen and oxygen atoms in total. The SMILES string of the molecule is C/C=C\C.Cc1ccc2c(c1)CN(C)CC2. The van der Waals surface area contributed by atoms with E-state index in [2.05, 4.69) is 37.1 Å². The first-order chi connectivity index (χ1) is 7.67. The highest BCUT2D eigenvalue weighted by atomic mass is 15.1.